The third-order valence-corrected chi connectivity index (χ3v) is 5.00. The lowest BCUT2D eigenvalue weighted by Gasteiger charge is -2.37. The van der Waals surface area contributed by atoms with Gasteiger partial charge in [0.25, 0.3) is 5.91 Å². The third kappa shape index (κ3) is 2.23. The van der Waals surface area contributed by atoms with Crippen LogP contribution in [0.3, 0.4) is 0 Å². The van der Waals surface area contributed by atoms with Gasteiger partial charge in [-0.15, -0.1) is 0 Å². The summed E-state index contributed by atoms with van der Waals surface area (Å²) in [6.07, 6.45) is 5.53. The molecule has 0 aromatic rings. The van der Waals surface area contributed by atoms with Gasteiger partial charge in [0.15, 0.2) is 5.67 Å². The van der Waals surface area contributed by atoms with E-state index in [1.165, 1.54) is 0 Å². The predicted molar refractivity (Wildman–Crippen MR) is 68.2 cm³/mol. The average molecular weight is 268 g/mol. The van der Waals surface area contributed by atoms with Crippen molar-refractivity contribution in [1.29, 1.82) is 0 Å². The van der Waals surface area contributed by atoms with Crippen LogP contribution in [0.1, 0.15) is 51.4 Å². The largest absolute Gasteiger partial charge is 0.351 e. The van der Waals surface area contributed by atoms with Crippen molar-refractivity contribution in [2.24, 2.45) is 0 Å². The summed E-state index contributed by atoms with van der Waals surface area (Å²) in [4.78, 5) is 25.3. The van der Waals surface area contributed by atoms with Crippen molar-refractivity contribution >= 4 is 11.8 Å². The van der Waals surface area contributed by atoms with Crippen LogP contribution in [0.25, 0.3) is 0 Å². The monoisotopic (exact) mass is 268 g/mol. The van der Waals surface area contributed by atoms with Crippen molar-refractivity contribution < 1.29 is 14.0 Å². The predicted octanol–water partition coefficient (Wildman–Crippen LogP) is 1.54. The molecule has 2 saturated heterocycles. The molecule has 2 aliphatic heterocycles. The van der Waals surface area contributed by atoms with E-state index >= 15 is 0 Å². The molecule has 3 fully saturated rings. The lowest BCUT2D eigenvalue weighted by atomic mass is 9.81. The van der Waals surface area contributed by atoms with Crippen molar-refractivity contribution in [2.75, 3.05) is 13.1 Å². The van der Waals surface area contributed by atoms with Crippen LogP contribution in [0.5, 0.6) is 0 Å². The lowest BCUT2D eigenvalue weighted by molar-refractivity contribution is -0.149. The Morgan fingerprint density at radius 2 is 1.89 bits per heavy atom. The highest BCUT2D eigenvalue weighted by atomic mass is 19.1. The molecule has 1 saturated carbocycles. The minimum Gasteiger partial charge on any atom is -0.351 e. The van der Waals surface area contributed by atoms with Crippen LogP contribution >= 0.6 is 0 Å². The van der Waals surface area contributed by atoms with Gasteiger partial charge >= 0.3 is 0 Å². The molecule has 1 spiro atoms. The maximum Gasteiger partial charge on any atom is 0.260 e. The molecule has 1 atom stereocenters. The van der Waals surface area contributed by atoms with E-state index in [1.54, 1.807) is 4.90 Å². The average Bonchev–Trinajstić information content (AvgIpc) is 2.59. The second-order valence-electron chi connectivity index (χ2n) is 6.29. The summed E-state index contributed by atoms with van der Waals surface area (Å²) in [7, 11) is 0. The molecule has 3 aliphatic rings. The highest BCUT2D eigenvalue weighted by molar-refractivity contribution is 5.86. The zero-order valence-corrected chi connectivity index (χ0v) is 11.2. The third-order valence-electron chi connectivity index (χ3n) is 5.00. The number of hydrogen-bond acceptors (Lipinski definition) is 2. The second-order valence-corrected chi connectivity index (χ2v) is 6.29. The molecule has 3 rings (SSSR count). The van der Waals surface area contributed by atoms with Crippen LogP contribution in [0.15, 0.2) is 0 Å². The standard InChI is InChI=1S/C14H21FN2O2/c15-14(5-1-6-14)12(19)17-9-2-4-13(8-10-17)7-3-11(18)16-13/h1-10H2,(H,16,18). The number of carbonyl (C=O) groups is 2. The van der Waals surface area contributed by atoms with E-state index < -0.39 is 5.67 Å². The Morgan fingerprint density at radius 3 is 2.47 bits per heavy atom. The van der Waals surface area contributed by atoms with Crippen LogP contribution in [-0.2, 0) is 9.59 Å². The van der Waals surface area contributed by atoms with Crippen molar-refractivity contribution in [3.8, 4) is 0 Å². The Balaban J connectivity index is 1.64. The first kappa shape index (κ1) is 12.9. The maximum atomic E-state index is 14.2. The summed E-state index contributed by atoms with van der Waals surface area (Å²) < 4.78 is 14.2. The van der Waals surface area contributed by atoms with Crippen molar-refractivity contribution in [3.05, 3.63) is 0 Å². The molecule has 0 radical (unpaired) electrons. The van der Waals surface area contributed by atoms with Gasteiger partial charge in [-0.3, -0.25) is 9.59 Å². The summed E-state index contributed by atoms with van der Waals surface area (Å²) in [5, 5.41) is 3.06. The van der Waals surface area contributed by atoms with Gasteiger partial charge in [0.05, 0.1) is 0 Å². The Bertz CT molecular complexity index is 408. The van der Waals surface area contributed by atoms with Crippen molar-refractivity contribution in [3.63, 3.8) is 0 Å². The molecule has 0 bridgehead atoms. The SMILES string of the molecule is O=C1CCC2(CCCN(C(=O)C3(F)CCC3)CC2)N1. The number of halogens is 1. The van der Waals surface area contributed by atoms with E-state index in [0.717, 1.165) is 32.1 Å². The van der Waals surface area contributed by atoms with Gasteiger partial charge in [-0.05, 0) is 44.9 Å². The summed E-state index contributed by atoms with van der Waals surface area (Å²) >= 11 is 0. The number of alkyl halides is 1. The zero-order chi connectivity index (χ0) is 13.5. The molecule has 4 nitrogen and oxygen atoms in total. The Labute approximate surface area is 112 Å². The van der Waals surface area contributed by atoms with Gasteiger partial charge in [0.1, 0.15) is 0 Å². The van der Waals surface area contributed by atoms with Crippen LogP contribution in [0, 0.1) is 0 Å². The fraction of sp³-hybridized carbons (Fsp3) is 0.857. The zero-order valence-electron chi connectivity index (χ0n) is 11.2. The minimum atomic E-state index is -1.59. The number of nitrogens with one attached hydrogen (secondary N) is 1. The molecule has 5 heteroatoms. The molecule has 0 aromatic heterocycles. The summed E-state index contributed by atoms with van der Waals surface area (Å²) in [5.74, 6) is -0.208. The number of rotatable bonds is 1. The van der Waals surface area contributed by atoms with E-state index in [0.29, 0.717) is 32.4 Å². The molecule has 1 aliphatic carbocycles. The van der Waals surface area contributed by atoms with E-state index in [4.69, 9.17) is 0 Å². The number of hydrogen-bond donors (Lipinski definition) is 1. The molecule has 106 valence electrons. The molecular formula is C14H21FN2O2. The van der Waals surface area contributed by atoms with E-state index in [9.17, 15) is 14.0 Å². The van der Waals surface area contributed by atoms with Gasteiger partial charge in [0, 0.05) is 25.0 Å². The molecule has 2 amide bonds. The lowest BCUT2D eigenvalue weighted by Crippen LogP contribution is -2.51. The van der Waals surface area contributed by atoms with Crippen molar-refractivity contribution in [1.82, 2.24) is 10.2 Å². The highest BCUT2D eigenvalue weighted by Gasteiger charge is 2.48. The minimum absolute atomic E-state index is 0.112. The quantitative estimate of drug-likeness (QED) is 0.784. The molecule has 1 unspecified atom stereocenters. The molecule has 0 aromatic carbocycles. The topological polar surface area (TPSA) is 49.4 Å². The summed E-state index contributed by atoms with van der Waals surface area (Å²) in [6, 6.07) is 0. The van der Waals surface area contributed by atoms with Crippen molar-refractivity contribution in [2.45, 2.75) is 62.6 Å². The van der Waals surface area contributed by atoms with Crippen LogP contribution in [0.4, 0.5) is 4.39 Å². The molecule has 2 heterocycles. The maximum absolute atomic E-state index is 14.2. The fourth-order valence-corrected chi connectivity index (χ4v) is 3.53. The van der Waals surface area contributed by atoms with Crippen LogP contribution in [0.2, 0.25) is 0 Å². The van der Waals surface area contributed by atoms with E-state index in [-0.39, 0.29) is 17.4 Å². The van der Waals surface area contributed by atoms with Crippen LogP contribution < -0.4 is 5.32 Å². The van der Waals surface area contributed by atoms with Crippen LogP contribution in [-0.4, -0.2) is 41.0 Å². The molecule has 19 heavy (non-hydrogen) atoms. The molecular weight excluding hydrogens is 247 g/mol. The summed E-state index contributed by atoms with van der Waals surface area (Å²) in [5.41, 5.74) is -1.72. The second kappa shape index (κ2) is 4.46. The number of carbonyl (C=O) groups excluding carboxylic acids is 2. The molecule has 1 N–H and O–H groups in total. The smallest absolute Gasteiger partial charge is 0.260 e. The van der Waals surface area contributed by atoms with Gasteiger partial charge in [-0.25, -0.2) is 4.39 Å². The van der Waals surface area contributed by atoms with Gasteiger partial charge in [-0.2, -0.15) is 0 Å². The fourth-order valence-electron chi connectivity index (χ4n) is 3.53. The summed E-state index contributed by atoms with van der Waals surface area (Å²) in [6.45, 7) is 1.20. The number of likely N-dealkylation sites (tertiary alicyclic amines) is 1. The highest BCUT2D eigenvalue weighted by Crippen LogP contribution is 2.39. The van der Waals surface area contributed by atoms with E-state index in [1.807, 2.05) is 0 Å². The van der Waals surface area contributed by atoms with E-state index in [2.05, 4.69) is 5.32 Å². The Hall–Kier alpha value is -1.13. The first-order valence-electron chi connectivity index (χ1n) is 7.32. The van der Waals surface area contributed by atoms with Gasteiger partial charge < -0.3 is 10.2 Å². The van der Waals surface area contributed by atoms with Gasteiger partial charge in [0.2, 0.25) is 5.91 Å². The van der Waals surface area contributed by atoms with Gasteiger partial charge in [-0.1, -0.05) is 0 Å². The normalized spacial score (nSPS) is 33.7. The first-order chi connectivity index (χ1) is 9.03. The number of nitrogens with zero attached hydrogens (tertiary/aromatic N) is 1. The Kier molecular flexibility index (Phi) is 3.02. The Morgan fingerprint density at radius 1 is 1.11 bits per heavy atom. The first-order valence-corrected chi connectivity index (χ1v) is 7.32. The number of amides is 2.